The first kappa shape index (κ1) is 14.1. The van der Waals surface area contributed by atoms with Crippen LogP contribution in [-0.2, 0) is 9.53 Å². The van der Waals surface area contributed by atoms with Crippen LogP contribution in [0, 0.1) is 5.92 Å². The molecule has 1 N–H and O–H groups in total. The molecule has 2 aliphatic heterocycles. The van der Waals surface area contributed by atoms with E-state index in [2.05, 4.69) is 0 Å². The third kappa shape index (κ3) is 2.68. The fraction of sp³-hybridized carbons (Fsp3) is 0.846. The van der Waals surface area contributed by atoms with Crippen LogP contribution in [0.1, 0.15) is 26.7 Å². The van der Waals surface area contributed by atoms with E-state index < -0.39 is 12.0 Å². The highest BCUT2D eigenvalue weighted by atomic mass is 16.5. The normalized spacial score (nSPS) is 31.6. The van der Waals surface area contributed by atoms with Gasteiger partial charge in [-0.1, -0.05) is 13.8 Å². The second-order valence-electron chi connectivity index (χ2n) is 5.36. The van der Waals surface area contributed by atoms with Crippen molar-refractivity contribution in [2.75, 3.05) is 26.3 Å². The van der Waals surface area contributed by atoms with Crippen molar-refractivity contribution in [3.05, 3.63) is 0 Å². The molecule has 6 heteroatoms. The van der Waals surface area contributed by atoms with Crippen LogP contribution in [0.2, 0.25) is 0 Å². The van der Waals surface area contributed by atoms with Gasteiger partial charge < -0.3 is 19.6 Å². The van der Waals surface area contributed by atoms with Gasteiger partial charge in [0.1, 0.15) is 6.04 Å². The maximum Gasteiger partial charge on any atom is 0.326 e. The van der Waals surface area contributed by atoms with E-state index in [1.54, 1.807) is 4.90 Å². The molecule has 0 aromatic carbocycles. The predicted octanol–water partition coefficient (Wildman–Crippen LogP) is 1.01. The first-order valence-corrected chi connectivity index (χ1v) is 6.94. The molecule has 108 valence electrons. The zero-order chi connectivity index (χ0) is 14.0. The van der Waals surface area contributed by atoms with Crippen LogP contribution in [0.5, 0.6) is 0 Å². The minimum Gasteiger partial charge on any atom is -0.480 e. The molecule has 0 radical (unpaired) electrons. The highest BCUT2D eigenvalue weighted by Gasteiger charge is 2.42. The molecule has 0 bridgehead atoms. The number of rotatable bonds is 2. The van der Waals surface area contributed by atoms with Crippen LogP contribution in [0.4, 0.5) is 4.79 Å². The molecule has 0 saturated carbocycles. The van der Waals surface area contributed by atoms with Gasteiger partial charge in [0, 0.05) is 13.1 Å². The average molecular weight is 270 g/mol. The fourth-order valence-electron chi connectivity index (χ4n) is 2.95. The molecule has 2 fully saturated rings. The molecule has 2 rings (SSSR count). The molecule has 2 heterocycles. The lowest BCUT2D eigenvalue weighted by Gasteiger charge is -2.38. The first-order valence-electron chi connectivity index (χ1n) is 6.94. The summed E-state index contributed by atoms with van der Waals surface area (Å²) in [5.41, 5.74) is 0. The van der Waals surface area contributed by atoms with E-state index in [0.29, 0.717) is 26.3 Å². The van der Waals surface area contributed by atoms with Crippen molar-refractivity contribution in [2.24, 2.45) is 5.92 Å². The van der Waals surface area contributed by atoms with Gasteiger partial charge >= 0.3 is 12.0 Å². The standard InChI is InChI=1S/C13H22N2O4/c1-3-10-8-19-7-6-14(10)13(18)15-5-4-9(2)11(15)12(16)17/h9-11H,3-8H2,1-2H3,(H,16,17). The molecule has 0 aliphatic carbocycles. The third-order valence-corrected chi connectivity index (χ3v) is 4.14. The Morgan fingerprint density at radius 2 is 2.05 bits per heavy atom. The van der Waals surface area contributed by atoms with Crippen molar-refractivity contribution in [3.63, 3.8) is 0 Å². The summed E-state index contributed by atoms with van der Waals surface area (Å²) in [4.78, 5) is 27.2. The van der Waals surface area contributed by atoms with E-state index in [-0.39, 0.29) is 18.0 Å². The molecular weight excluding hydrogens is 248 g/mol. The number of morpholine rings is 1. The topological polar surface area (TPSA) is 70.1 Å². The van der Waals surface area contributed by atoms with E-state index in [9.17, 15) is 14.7 Å². The number of urea groups is 1. The molecule has 3 atom stereocenters. The van der Waals surface area contributed by atoms with Crippen molar-refractivity contribution < 1.29 is 19.4 Å². The monoisotopic (exact) mass is 270 g/mol. The molecule has 0 aromatic rings. The second kappa shape index (κ2) is 5.77. The summed E-state index contributed by atoms with van der Waals surface area (Å²) in [6.07, 6.45) is 1.58. The Labute approximate surface area is 113 Å². The van der Waals surface area contributed by atoms with Crippen LogP contribution in [0.15, 0.2) is 0 Å². The van der Waals surface area contributed by atoms with E-state index in [0.717, 1.165) is 12.8 Å². The number of aliphatic carboxylic acids is 1. The Hall–Kier alpha value is -1.30. The van der Waals surface area contributed by atoms with Crippen LogP contribution >= 0.6 is 0 Å². The molecule has 0 aromatic heterocycles. The highest BCUT2D eigenvalue weighted by Crippen LogP contribution is 2.26. The van der Waals surface area contributed by atoms with Crippen molar-refractivity contribution in [1.29, 1.82) is 0 Å². The Morgan fingerprint density at radius 1 is 1.32 bits per heavy atom. The molecule has 3 unspecified atom stereocenters. The molecule has 0 spiro atoms. The summed E-state index contributed by atoms with van der Waals surface area (Å²) < 4.78 is 5.38. The zero-order valence-corrected chi connectivity index (χ0v) is 11.5. The molecule has 2 aliphatic rings. The van der Waals surface area contributed by atoms with Crippen LogP contribution < -0.4 is 0 Å². The maximum absolute atomic E-state index is 12.6. The molecule has 6 nitrogen and oxygen atoms in total. The minimum atomic E-state index is -0.903. The van der Waals surface area contributed by atoms with E-state index >= 15 is 0 Å². The Bertz CT molecular complexity index is 361. The lowest BCUT2D eigenvalue weighted by molar-refractivity contribution is -0.142. The summed E-state index contributed by atoms with van der Waals surface area (Å²) >= 11 is 0. The van der Waals surface area contributed by atoms with E-state index in [1.165, 1.54) is 4.90 Å². The number of amides is 2. The fourth-order valence-corrected chi connectivity index (χ4v) is 2.95. The Morgan fingerprint density at radius 3 is 2.68 bits per heavy atom. The Kier molecular flexibility index (Phi) is 4.29. The number of nitrogens with zero attached hydrogens (tertiary/aromatic N) is 2. The summed E-state index contributed by atoms with van der Waals surface area (Å²) in [5, 5.41) is 9.29. The van der Waals surface area contributed by atoms with Gasteiger partial charge in [-0.15, -0.1) is 0 Å². The number of carboxylic acid groups (broad SMARTS) is 1. The number of hydrogen-bond acceptors (Lipinski definition) is 3. The molecule has 2 amide bonds. The summed E-state index contributed by atoms with van der Waals surface area (Å²) in [7, 11) is 0. The quantitative estimate of drug-likeness (QED) is 0.813. The van der Waals surface area contributed by atoms with E-state index in [1.807, 2.05) is 13.8 Å². The van der Waals surface area contributed by atoms with Crippen molar-refractivity contribution in [1.82, 2.24) is 9.80 Å². The van der Waals surface area contributed by atoms with Crippen molar-refractivity contribution in [3.8, 4) is 0 Å². The van der Waals surface area contributed by atoms with Gasteiger partial charge in [0.05, 0.1) is 19.3 Å². The number of hydrogen-bond donors (Lipinski definition) is 1. The predicted molar refractivity (Wildman–Crippen MR) is 68.9 cm³/mol. The SMILES string of the molecule is CCC1COCCN1C(=O)N1CCC(C)C1C(=O)O. The zero-order valence-electron chi connectivity index (χ0n) is 11.5. The minimum absolute atomic E-state index is 0.0163. The summed E-state index contributed by atoms with van der Waals surface area (Å²) in [5.74, 6) is -0.887. The van der Waals surface area contributed by atoms with Crippen LogP contribution in [-0.4, -0.2) is 65.3 Å². The lowest BCUT2D eigenvalue weighted by atomic mass is 10.0. The summed E-state index contributed by atoms with van der Waals surface area (Å²) in [6, 6.07) is -0.772. The van der Waals surface area contributed by atoms with Gasteiger partial charge in [-0.3, -0.25) is 0 Å². The largest absolute Gasteiger partial charge is 0.480 e. The number of carboxylic acids is 1. The van der Waals surface area contributed by atoms with E-state index in [4.69, 9.17) is 4.74 Å². The van der Waals surface area contributed by atoms with Crippen molar-refractivity contribution in [2.45, 2.75) is 38.8 Å². The summed E-state index contributed by atoms with van der Waals surface area (Å²) in [6.45, 7) is 6.07. The smallest absolute Gasteiger partial charge is 0.326 e. The number of carbonyl (C=O) groups excluding carboxylic acids is 1. The molecule has 19 heavy (non-hydrogen) atoms. The number of ether oxygens (including phenoxy) is 1. The highest BCUT2D eigenvalue weighted by molar-refractivity contribution is 5.83. The van der Waals surface area contributed by atoms with Gasteiger partial charge in [-0.25, -0.2) is 9.59 Å². The lowest BCUT2D eigenvalue weighted by Crippen LogP contribution is -2.56. The number of carbonyl (C=O) groups is 2. The first-order chi connectivity index (χ1) is 9.06. The van der Waals surface area contributed by atoms with Gasteiger partial charge in [-0.05, 0) is 18.8 Å². The second-order valence-corrected chi connectivity index (χ2v) is 5.36. The Balaban J connectivity index is 2.11. The third-order valence-electron chi connectivity index (χ3n) is 4.14. The van der Waals surface area contributed by atoms with Crippen LogP contribution in [0.3, 0.4) is 0 Å². The number of likely N-dealkylation sites (tertiary alicyclic amines) is 1. The molecule has 2 saturated heterocycles. The van der Waals surface area contributed by atoms with Gasteiger partial charge in [-0.2, -0.15) is 0 Å². The van der Waals surface area contributed by atoms with Gasteiger partial charge in [0.2, 0.25) is 0 Å². The maximum atomic E-state index is 12.6. The average Bonchev–Trinajstić information content (AvgIpc) is 2.79. The van der Waals surface area contributed by atoms with Gasteiger partial charge in [0.15, 0.2) is 0 Å². The molecular formula is C13H22N2O4. The van der Waals surface area contributed by atoms with Crippen molar-refractivity contribution >= 4 is 12.0 Å². The van der Waals surface area contributed by atoms with Crippen LogP contribution in [0.25, 0.3) is 0 Å². The van der Waals surface area contributed by atoms with Gasteiger partial charge in [0.25, 0.3) is 0 Å².